The maximum Gasteiger partial charge on any atom is 0.257 e. The van der Waals surface area contributed by atoms with Gasteiger partial charge in [0.2, 0.25) is 0 Å². The SMILES string of the molecule is Cc1ccc(C(=O)Nc2cc(N)c(F)cc2F)c(Cl)c1. The number of nitrogens with one attached hydrogen (secondary N) is 1. The molecule has 0 unspecified atom stereocenters. The number of nitrogens with two attached hydrogens (primary N) is 1. The van der Waals surface area contributed by atoms with E-state index in [1.807, 2.05) is 6.92 Å². The van der Waals surface area contributed by atoms with Gasteiger partial charge in [-0.25, -0.2) is 8.78 Å². The Morgan fingerprint density at radius 3 is 2.55 bits per heavy atom. The van der Waals surface area contributed by atoms with Gasteiger partial charge >= 0.3 is 0 Å². The van der Waals surface area contributed by atoms with Crippen molar-refractivity contribution < 1.29 is 13.6 Å². The molecular weight excluding hydrogens is 286 g/mol. The van der Waals surface area contributed by atoms with Gasteiger partial charge < -0.3 is 11.1 Å². The smallest absolute Gasteiger partial charge is 0.257 e. The van der Waals surface area contributed by atoms with Crippen LogP contribution in [0.1, 0.15) is 15.9 Å². The quantitative estimate of drug-likeness (QED) is 0.829. The average molecular weight is 297 g/mol. The molecule has 0 atom stereocenters. The maximum atomic E-state index is 13.5. The number of nitrogen functional groups attached to an aromatic ring is 1. The molecule has 3 N–H and O–H groups in total. The van der Waals surface area contributed by atoms with E-state index < -0.39 is 17.5 Å². The van der Waals surface area contributed by atoms with Crippen LogP contribution in [0.5, 0.6) is 0 Å². The highest BCUT2D eigenvalue weighted by molar-refractivity contribution is 6.34. The molecule has 0 saturated carbocycles. The van der Waals surface area contributed by atoms with E-state index in [0.29, 0.717) is 6.07 Å². The Morgan fingerprint density at radius 2 is 1.90 bits per heavy atom. The third kappa shape index (κ3) is 2.88. The van der Waals surface area contributed by atoms with Crippen LogP contribution in [-0.2, 0) is 0 Å². The van der Waals surface area contributed by atoms with Gasteiger partial charge in [-0.05, 0) is 30.7 Å². The molecule has 6 heteroatoms. The van der Waals surface area contributed by atoms with Crippen LogP contribution in [0.3, 0.4) is 0 Å². The third-order valence-corrected chi connectivity index (χ3v) is 3.02. The number of aryl methyl sites for hydroxylation is 1. The molecule has 2 aromatic rings. The molecule has 2 rings (SSSR count). The standard InChI is InChI=1S/C14H11ClF2N2O/c1-7-2-3-8(9(15)4-7)14(20)19-13-6-12(18)10(16)5-11(13)17/h2-6H,18H2,1H3,(H,19,20). The lowest BCUT2D eigenvalue weighted by Crippen LogP contribution is -2.14. The molecule has 0 saturated heterocycles. The Hall–Kier alpha value is -2.14. The Morgan fingerprint density at radius 1 is 1.20 bits per heavy atom. The predicted molar refractivity (Wildman–Crippen MR) is 74.9 cm³/mol. The van der Waals surface area contributed by atoms with Gasteiger partial charge in [0.25, 0.3) is 5.91 Å². The van der Waals surface area contributed by atoms with Crippen molar-refractivity contribution in [2.24, 2.45) is 0 Å². The highest BCUT2D eigenvalue weighted by Crippen LogP contribution is 2.23. The molecule has 0 radical (unpaired) electrons. The Labute approximate surface area is 119 Å². The monoisotopic (exact) mass is 296 g/mol. The molecule has 0 spiro atoms. The zero-order valence-electron chi connectivity index (χ0n) is 10.5. The molecule has 3 nitrogen and oxygen atoms in total. The van der Waals surface area contributed by atoms with Gasteiger partial charge in [0.15, 0.2) is 0 Å². The summed E-state index contributed by atoms with van der Waals surface area (Å²) in [7, 11) is 0. The van der Waals surface area contributed by atoms with Crippen molar-refractivity contribution >= 4 is 28.9 Å². The molecule has 104 valence electrons. The highest BCUT2D eigenvalue weighted by Gasteiger charge is 2.14. The van der Waals surface area contributed by atoms with Crippen molar-refractivity contribution in [3.63, 3.8) is 0 Å². The van der Waals surface area contributed by atoms with E-state index in [4.69, 9.17) is 17.3 Å². The number of benzene rings is 2. The van der Waals surface area contributed by atoms with Crippen LogP contribution < -0.4 is 11.1 Å². The second-order valence-electron chi connectivity index (χ2n) is 4.29. The van der Waals surface area contributed by atoms with Gasteiger partial charge in [-0.15, -0.1) is 0 Å². The summed E-state index contributed by atoms with van der Waals surface area (Å²) in [5, 5.41) is 2.56. The minimum absolute atomic E-state index is 0.194. The normalized spacial score (nSPS) is 10.4. The van der Waals surface area contributed by atoms with Crippen molar-refractivity contribution in [2.45, 2.75) is 6.92 Å². The summed E-state index contributed by atoms with van der Waals surface area (Å²) in [4.78, 5) is 12.0. The number of anilines is 2. The summed E-state index contributed by atoms with van der Waals surface area (Å²) in [6, 6.07) is 6.48. The van der Waals surface area contributed by atoms with E-state index in [9.17, 15) is 13.6 Å². The van der Waals surface area contributed by atoms with E-state index in [0.717, 1.165) is 11.6 Å². The molecule has 20 heavy (non-hydrogen) atoms. The molecule has 0 fully saturated rings. The summed E-state index contributed by atoms with van der Waals surface area (Å²) in [5.41, 5.74) is 5.96. The van der Waals surface area contributed by atoms with E-state index in [1.54, 1.807) is 12.1 Å². The minimum Gasteiger partial charge on any atom is -0.396 e. The number of hydrogen-bond acceptors (Lipinski definition) is 2. The van der Waals surface area contributed by atoms with Crippen molar-refractivity contribution in [1.82, 2.24) is 0 Å². The number of amides is 1. The number of hydrogen-bond donors (Lipinski definition) is 2. The zero-order chi connectivity index (χ0) is 14.9. The second kappa shape index (κ2) is 5.46. The first-order valence-electron chi connectivity index (χ1n) is 5.70. The second-order valence-corrected chi connectivity index (χ2v) is 4.70. The largest absolute Gasteiger partial charge is 0.396 e. The Bertz CT molecular complexity index is 689. The van der Waals surface area contributed by atoms with Crippen LogP contribution in [0.2, 0.25) is 5.02 Å². The van der Waals surface area contributed by atoms with Crippen molar-refractivity contribution in [3.8, 4) is 0 Å². The fourth-order valence-electron chi connectivity index (χ4n) is 1.66. The van der Waals surface area contributed by atoms with Crippen LogP contribution in [0.15, 0.2) is 30.3 Å². The number of rotatable bonds is 2. The van der Waals surface area contributed by atoms with E-state index >= 15 is 0 Å². The van der Waals surface area contributed by atoms with E-state index in [1.165, 1.54) is 6.07 Å². The van der Waals surface area contributed by atoms with Crippen molar-refractivity contribution in [3.05, 3.63) is 58.1 Å². The lowest BCUT2D eigenvalue weighted by molar-refractivity contribution is 0.102. The summed E-state index contributed by atoms with van der Waals surface area (Å²) in [6.45, 7) is 1.83. The first-order chi connectivity index (χ1) is 9.38. The van der Waals surface area contributed by atoms with Crippen LogP contribution in [-0.4, -0.2) is 5.91 Å². The molecule has 0 aliphatic carbocycles. The summed E-state index contributed by atoms with van der Waals surface area (Å²) >= 11 is 5.95. The Kier molecular flexibility index (Phi) is 3.90. The van der Waals surface area contributed by atoms with Gasteiger partial charge in [-0.3, -0.25) is 4.79 Å². The van der Waals surface area contributed by atoms with Crippen LogP contribution >= 0.6 is 11.6 Å². The Balaban J connectivity index is 2.30. The molecule has 0 bridgehead atoms. The summed E-state index contributed by atoms with van der Waals surface area (Å²) in [5.74, 6) is -2.39. The predicted octanol–water partition coefficient (Wildman–Crippen LogP) is 3.76. The molecule has 0 aliphatic heterocycles. The number of carbonyl (C=O) groups excluding carboxylic acids is 1. The van der Waals surface area contributed by atoms with E-state index in [-0.39, 0.29) is 22.0 Å². The third-order valence-electron chi connectivity index (χ3n) is 2.70. The molecule has 0 heterocycles. The van der Waals surface area contributed by atoms with Gasteiger partial charge in [-0.1, -0.05) is 17.7 Å². The van der Waals surface area contributed by atoms with Gasteiger partial charge in [0.05, 0.1) is 22.0 Å². The van der Waals surface area contributed by atoms with Gasteiger partial charge in [0, 0.05) is 6.07 Å². The first-order valence-corrected chi connectivity index (χ1v) is 6.08. The molecule has 0 aromatic heterocycles. The molecular formula is C14H11ClF2N2O. The molecule has 2 aromatic carbocycles. The zero-order valence-corrected chi connectivity index (χ0v) is 11.3. The number of halogens is 3. The molecule has 0 aliphatic rings. The lowest BCUT2D eigenvalue weighted by atomic mass is 10.1. The molecule has 1 amide bonds. The van der Waals surface area contributed by atoms with Gasteiger partial charge in [-0.2, -0.15) is 0 Å². The van der Waals surface area contributed by atoms with Crippen molar-refractivity contribution in [1.29, 1.82) is 0 Å². The number of carbonyl (C=O) groups is 1. The fraction of sp³-hybridized carbons (Fsp3) is 0.0714. The summed E-state index contributed by atoms with van der Waals surface area (Å²) in [6.07, 6.45) is 0. The fourth-order valence-corrected chi connectivity index (χ4v) is 1.98. The topological polar surface area (TPSA) is 55.1 Å². The highest BCUT2D eigenvalue weighted by atomic mass is 35.5. The average Bonchev–Trinajstić information content (AvgIpc) is 2.35. The van der Waals surface area contributed by atoms with Crippen LogP contribution in [0.4, 0.5) is 20.2 Å². The summed E-state index contributed by atoms with van der Waals surface area (Å²) < 4.78 is 26.6. The van der Waals surface area contributed by atoms with Gasteiger partial charge in [0.1, 0.15) is 11.6 Å². The lowest BCUT2D eigenvalue weighted by Gasteiger charge is -2.09. The minimum atomic E-state index is -0.909. The van der Waals surface area contributed by atoms with E-state index in [2.05, 4.69) is 5.32 Å². The van der Waals surface area contributed by atoms with Crippen LogP contribution in [0, 0.1) is 18.6 Å². The first kappa shape index (κ1) is 14.3. The van der Waals surface area contributed by atoms with Crippen molar-refractivity contribution in [2.75, 3.05) is 11.1 Å². The van der Waals surface area contributed by atoms with Crippen LogP contribution in [0.25, 0.3) is 0 Å². The maximum absolute atomic E-state index is 13.5.